The quantitative estimate of drug-likeness (QED) is 0.405. The third-order valence-corrected chi connectivity index (χ3v) is 7.09. The van der Waals surface area contributed by atoms with E-state index in [4.69, 9.17) is 4.42 Å². The molecule has 1 fully saturated rings. The van der Waals surface area contributed by atoms with Crippen molar-refractivity contribution in [2.24, 2.45) is 0 Å². The standard InChI is InChI=1S/C22H23N3O5S/c1-2-16-9-11-19(12-10-16)31(28,29)21-22(24-13-4-3-5-14-24)30-20(23-21)17-7-6-8-18(15-17)25(26)27/h6-12,15H,2-5,13-14H2,1H3. The van der Waals surface area contributed by atoms with Crippen LogP contribution in [0.2, 0.25) is 0 Å². The number of oxazole rings is 1. The molecular weight excluding hydrogens is 418 g/mol. The zero-order valence-corrected chi connectivity index (χ0v) is 18.0. The van der Waals surface area contributed by atoms with Crippen LogP contribution in [0.1, 0.15) is 31.7 Å². The summed E-state index contributed by atoms with van der Waals surface area (Å²) in [5.41, 5.74) is 1.28. The number of non-ortho nitro benzene ring substituents is 1. The fraction of sp³-hybridized carbons (Fsp3) is 0.318. The molecule has 4 rings (SSSR count). The summed E-state index contributed by atoms with van der Waals surface area (Å²) in [6, 6.07) is 12.6. The van der Waals surface area contributed by atoms with E-state index in [9.17, 15) is 18.5 Å². The van der Waals surface area contributed by atoms with Gasteiger partial charge in [-0.3, -0.25) is 10.1 Å². The largest absolute Gasteiger partial charge is 0.419 e. The van der Waals surface area contributed by atoms with Gasteiger partial charge in [0.1, 0.15) is 0 Å². The summed E-state index contributed by atoms with van der Waals surface area (Å²) in [5.74, 6) is 0.244. The number of hydrogen-bond acceptors (Lipinski definition) is 7. The van der Waals surface area contributed by atoms with E-state index >= 15 is 0 Å². The normalized spacial score (nSPS) is 14.5. The molecular formula is C22H23N3O5S. The van der Waals surface area contributed by atoms with E-state index in [-0.39, 0.29) is 27.4 Å². The molecule has 0 N–H and O–H groups in total. The first-order valence-corrected chi connectivity index (χ1v) is 11.7. The van der Waals surface area contributed by atoms with Gasteiger partial charge in [-0.15, -0.1) is 0 Å². The summed E-state index contributed by atoms with van der Waals surface area (Å²) < 4.78 is 32.9. The van der Waals surface area contributed by atoms with Crippen LogP contribution in [-0.4, -0.2) is 31.4 Å². The van der Waals surface area contributed by atoms with E-state index < -0.39 is 14.8 Å². The number of nitro groups is 1. The van der Waals surface area contributed by atoms with E-state index in [1.54, 1.807) is 30.3 Å². The number of rotatable bonds is 6. The van der Waals surface area contributed by atoms with E-state index in [1.165, 1.54) is 18.2 Å². The highest BCUT2D eigenvalue weighted by atomic mass is 32.2. The summed E-state index contributed by atoms with van der Waals surface area (Å²) >= 11 is 0. The van der Waals surface area contributed by atoms with Crippen LogP contribution in [-0.2, 0) is 16.3 Å². The Balaban J connectivity index is 1.83. The van der Waals surface area contributed by atoms with E-state index in [0.29, 0.717) is 18.7 Å². The molecule has 31 heavy (non-hydrogen) atoms. The molecule has 2 aromatic carbocycles. The van der Waals surface area contributed by atoms with Crippen molar-refractivity contribution in [2.45, 2.75) is 42.5 Å². The molecule has 0 bridgehead atoms. The second-order valence-electron chi connectivity index (χ2n) is 7.49. The number of nitro benzene ring substituents is 1. The Morgan fingerprint density at radius 2 is 1.81 bits per heavy atom. The van der Waals surface area contributed by atoms with Crippen LogP contribution in [0.25, 0.3) is 11.5 Å². The Bertz CT molecular complexity index is 1200. The molecule has 0 saturated carbocycles. The van der Waals surface area contributed by atoms with Crippen LogP contribution < -0.4 is 4.90 Å². The van der Waals surface area contributed by atoms with Gasteiger partial charge in [0.05, 0.1) is 9.82 Å². The lowest BCUT2D eigenvalue weighted by Crippen LogP contribution is -2.30. The summed E-state index contributed by atoms with van der Waals surface area (Å²) in [7, 11) is -3.94. The van der Waals surface area contributed by atoms with Gasteiger partial charge in [0.25, 0.3) is 5.69 Å². The van der Waals surface area contributed by atoms with Crippen LogP contribution in [0.3, 0.4) is 0 Å². The fourth-order valence-corrected chi connectivity index (χ4v) is 4.98. The Labute approximate surface area is 180 Å². The smallest absolute Gasteiger partial charge is 0.270 e. The van der Waals surface area contributed by atoms with Gasteiger partial charge in [-0.2, -0.15) is 4.98 Å². The van der Waals surface area contributed by atoms with E-state index in [1.807, 2.05) is 11.8 Å². The molecule has 3 aromatic rings. The van der Waals surface area contributed by atoms with Gasteiger partial charge in [0.2, 0.25) is 26.6 Å². The first-order chi connectivity index (χ1) is 14.9. The molecule has 0 atom stereocenters. The number of sulfone groups is 1. The number of aromatic nitrogens is 1. The third-order valence-electron chi connectivity index (χ3n) is 5.42. The second kappa shape index (κ2) is 8.50. The predicted octanol–water partition coefficient (Wildman–Crippen LogP) is 4.64. The van der Waals surface area contributed by atoms with Gasteiger partial charge in [-0.05, 0) is 49.4 Å². The van der Waals surface area contributed by atoms with Crippen LogP contribution in [0.4, 0.5) is 11.6 Å². The Kier molecular flexibility index (Phi) is 5.77. The molecule has 1 aromatic heterocycles. The molecule has 1 aliphatic rings. The van der Waals surface area contributed by atoms with Crippen molar-refractivity contribution < 1.29 is 17.8 Å². The number of anilines is 1. The zero-order chi connectivity index (χ0) is 22.0. The number of benzene rings is 2. The molecule has 0 radical (unpaired) electrons. The van der Waals surface area contributed by atoms with Crippen molar-refractivity contribution in [1.82, 2.24) is 4.98 Å². The second-order valence-corrected chi connectivity index (χ2v) is 9.35. The van der Waals surface area contributed by atoms with Gasteiger partial charge in [-0.1, -0.05) is 25.1 Å². The monoisotopic (exact) mass is 441 g/mol. The average Bonchev–Trinajstić information content (AvgIpc) is 3.26. The minimum Gasteiger partial charge on any atom is -0.419 e. The first kappa shape index (κ1) is 21.0. The van der Waals surface area contributed by atoms with Gasteiger partial charge in [0, 0.05) is 30.8 Å². The highest BCUT2D eigenvalue weighted by Gasteiger charge is 2.32. The van der Waals surface area contributed by atoms with E-state index in [2.05, 4.69) is 4.98 Å². The minimum absolute atomic E-state index is 0.0491. The summed E-state index contributed by atoms with van der Waals surface area (Å²) in [4.78, 5) is 17.0. The van der Waals surface area contributed by atoms with Crippen LogP contribution in [0.15, 0.2) is 62.9 Å². The highest BCUT2D eigenvalue weighted by Crippen LogP contribution is 2.36. The molecule has 0 amide bonds. The lowest BCUT2D eigenvalue weighted by atomic mass is 10.1. The first-order valence-electron chi connectivity index (χ1n) is 10.2. The van der Waals surface area contributed by atoms with Crippen molar-refractivity contribution >= 4 is 21.4 Å². The van der Waals surface area contributed by atoms with Crippen molar-refractivity contribution in [1.29, 1.82) is 0 Å². The average molecular weight is 442 g/mol. The molecule has 2 heterocycles. The molecule has 0 unspecified atom stereocenters. The SMILES string of the molecule is CCc1ccc(S(=O)(=O)c2nc(-c3cccc([N+](=O)[O-])c3)oc2N2CCCCC2)cc1. The summed E-state index contributed by atoms with van der Waals surface area (Å²) in [5, 5.41) is 11.0. The molecule has 9 heteroatoms. The van der Waals surface area contributed by atoms with Crippen molar-refractivity contribution in [3.63, 3.8) is 0 Å². The lowest BCUT2D eigenvalue weighted by molar-refractivity contribution is -0.384. The summed E-state index contributed by atoms with van der Waals surface area (Å²) in [6.07, 6.45) is 3.73. The number of nitrogens with zero attached hydrogens (tertiary/aromatic N) is 3. The molecule has 0 spiro atoms. The van der Waals surface area contributed by atoms with Crippen LogP contribution in [0, 0.1) is 10.1 Å². The van der Waals surface area contributed by atoms with E-state index in [0.717, 1.165) is 31.2 Å². The molecule has 162 valence electrons. The fourth-order valence-electron chi connectivity index (χ4n) is 3.66. The number of piperidine rings is 1. The van der Waals surface area contributed by atoms with Gasteiger partial charge in [-0.25, -0.2) is 8.42 Å². The molecule has 8 nitrogen and oxygen atoms in total. The molecule has 1 aliphatic heterocycles. The predicted molar refractivity (Wildman–Crippen MR) is 116 cm³/mol. The zero-order valence-electron chi connectivity index (χ0n) is 17.2. The van der Waals surface area contributed by atoms with Crippen molar-refractivity contribution in [3.05, 3.63) is 64.2 Å². The maximum absolute atomic E-state index is 13.5. The number of hydrogen-bond donors (Lipinski definition) is 0. The van der Waals surface area contributed by atoms with Gasteiger partial charge >= 0.3 is 0 Å². The Morgan fingerprint density at radius 1 is 1.10 bits per heavy atom. The van der Waals surface area contributed by atoms with Crippen molar-refractivity contribution in [3.8, 4) is 11.5 Å². The number of aryl methyl sites for hydroxylation is 1. The van der Waals surface area contributed by atoms with Gasteiger partial charge in [0.15, 0.2) is 0 Å². The molecule has 0 aliphatic carbocycles. The maximum Gasteiger partial charge on any atom is 0.270 e. The van der Waals surface area contributed by atoms with Gasteiger partial charge < -0.3 is 9.32 Å². The lowest BCUT2D eigenvalue weighted by Gasteiger charge is -2.26. The molecule has 1 saturated heterocycles. The summed E-state index contributed by atoms with van der Waals surface area (Å²) in [6.45, 7) is 3.34. The highest BCUT2D eigenvalue weighted by molar-refractivity contribution is 7.91. The Morgan fingerprint density at radius 3 is 2.45 bits per heavy atom. The Hall–Kier alpha value is -3.20. The minimum atomic E-state index is -3.94. The third kappa shape index (κ3) is 4.18. The topological polar surface area (TPSA) is 107 Å². The van der Waals surface area contributed by atoms with Crippen molar-refractivity contribution in [2.75, 3.05) is 18.0 Å². The van der Waals surface area contributed by atoms with Crippen LogP contribution >= 0.6 is 0 Å². The van der Waals surface area contributed by atoms with Crippen LogP contribution in [0.5, 0.6) is 0 Å². The maximum atomic E-state index is 13.5.